The Hall–Kier alpha value is -1.26. The number of urea groups is 1. The molecule has 1 aliphatic carbocycles. The fourth-order valence-electron chi connectivity index (χ4n) is 2.40. The molecule has 1 rings (SSSR count). The molecular formula is C11H20N2O3. The lowest BCUT2D eigenvalue weighted by Crippen LogP contribution is -2.45. The first-order valence-corrected chi connectivity index (χ1v) is 5.80. The van der Waals surface area contributed by atoms with Crippen LogP contribution in [0.4, 0.5) is 4.79 Å². The van der Waals surface area contributed by atoms with Gasteiger partial charge in [0.1, 0.15) is 6.54 Å². The molecular weight excluding hydrogens is 208 g/mol. The molecule has 0 aromatic carbocycles. The Kier molecular flexibility index (Phi) is 4.58. The molecule has 0 spiro atoms. The molecule has 3 N–H and O–H groups in total. The van der Waals surface area contributed by atoms with Gasteiger partial charge in [-0.05, 0) is 24.7 Å². The third-order valence-corrected chi connectivity index (χ3v) is 3.47. The van der Waals surface area contributed by atoms with Crippen LogP contribution < -0.4 is 10.6 Å². The lowest BCUT2D eigenvalue weighted by molar-refractivity contribution is -0.135. The van der Waals surface area contributed by atoms with Gasteiger partial charge in [0.2, 0.25) is 0 Å². The van der Waals surface area contributed by atoms with E-state index in [1.54, 1.807) is 0 Å². The largest absolute Gasteiger partial charge is 0.480 e. The second-order valence-corrected chi connectivity index (χ2v) is 4.43. The number of hydrogen-bond donors (Lipinski definition) is 3. The van der Waals surface area contributed by atoms with E-state index >= 15 is 0 Å². The van der Waals surface area contributed by atoms with E-state index in [1.807, 2.05) is 0 Å². The van der Waals surface area contributed by atoms with E-state index in [9.17, 15) is 9.59 Å². The first-order valence-electron chi connectivity index (χ1n) is 5.80. The minimum atomic E-state index is -1.03. The van der Waals surface area contributed by atoms with Crippen molar-refractivity contribution in [2.75, 3.05) is 6.54 Å². The standard InChI is InChI=1S/C11H20N2O3/c1-3-8-4-5-9(7(8)2)13-11(16)12-6-10(14)15/h7-9H,3-6H2,1-2H3,(H,14,15)(H2,12,13,16). The van der Waals surface area contributed by atoms with Crippen molar-refractivity contribution in [1.29, 1.82) is 0 Å². The Morgan fingerprint density at radius 2 is 2.06 bits per heavy atom. The molecule has 0 heterocycles. The predicted octanol–water partition coefficient (Wildman–Crippen LogP) is 1.19. The molecule has 0 aromatic rings. The van der Waals surface area contributed by atoms with Gasteiger partial charge in [0.15, 0.2) is 0 Å². The fourth-order valence-corrected chi connectivity index (χ4v) is 2.40. The SMILES string of the molecule is CCC1CCC(NC(=O)NCC(=O)O)C1C. The van der Waals surface area contributed by atoms with Crippen molar-refractivity contribution in [2.24, 2.45) is 11.8 Å². The molecule has 0 aromatic heterocycles. The number of carbonyl (C=O) groups is 2. The van der Waals surface area contributed by atoms with Crippen molar-refractivity contribution in [2.45, 2.75) is 39.2 Å². The number of aliphatic carboxylic acids is 1. The van der Waals surface area contributed by atoms with E-state index in [0.717, 1.165) is 19.3 Å². The van der Waals surface area contributed by atoms with Crippen LogP contribution in [0.5, 0.6) is 0 Å². The Labute approximate surface area is 95.6 Å². The van der Waals surface area contributed by atoms with Crippen molar-refractivity contribution in [3.63, 3.8) is 0 Å². The maximum atomic E-state index is 11.4. The number of rotatable bonds is 4. The van der Waals surface area contributed by atoms with Gasteiger partial charge in [-0.3, -0.25) is 4.79 Å². The molecule has 1 saturated carbocycles. The second-order valence-electron chi connectivity index (χ2n) is 4.43. The van der Waals surface area contributed by atoms with Crippen LogP contribution in [-0.2, 0) is 4.79 Å². The number of carbonyl (C=O) groups excluding carboxylic acids is 1. The monoisotopic (exact) mass is 228 g/mol. The average Bonchev–Trinajstić information content (AvgIpc) is 2.57. The molecule has 16 heavy (non-hydrogen) atoms. The summed E-state index contributed by atoms with van der Waals surface area (Å²) < 4.78 is 0. The third kappa shape index (κ3) is 3.40. The van der Waals surface area contributed by atoms with Crippen molar-refractivity contribution >= 4 is 12.0 Å². The zero-order chi connectivity index (χ0) is 12.1. The van der Waals surface area contributed by atoms with E-state index in [1.165, 1.54) is 0 Å². The van der Waals surface area contributed by atoms with Crippen molar-refractivity contribution in [1.82, 2.24) is 10.6 Å². The molecule has 92 valence electrons. The Bertz CT molecular complexity index is 268. The van der Waals surface area contributed by atoms with Crippen LogP contribution in [0.2, 0.25) is 0 Å². The number of carboxylic acid groups (broad SMARTS) is 1. The highest BCUT2D eigenvalue weighted by Gasteiger charge is 2.32. The number of amides is 2. The van der Waals surface area contributed by atoms with Crippen LogP contribution in [0.25, 0.3) is 0 Å². The van der Waals surface area contributed by atoms with Gasteiger partial charge in [-0.2, -0.15) is 0 Å². The van der Waals surface area contributed by atoms with Gasteiger partial charge >= 0.3 is 12.0 Å². The van der Waals surface area contributed by atoms with E-state index in [2.05, 4.69) is 24.5 Å². The third-order valence-electron chi connectivity index (χ3n) is 3.47. The molecule has 3 unspecified atom stereocenters. The van der Waals surface area contributed by atoms with Crippen LogP contribution in [0.3, 0.4) is 0 Å². The summed E-state index contributed by atoms with van der Waals surface area (Å²) in [5.74, 6) is 0.117. The van der Waals surface area contributed by atoms with Crippen LogP contribution in [0, 0.1) is 11.8 Å². The highest BCUT2D eigenvalue weighted by molar-refractivity contribution is 5.80. The van der Waals surface area contributed by atoms with E-state index < -0.39 is 5.97 Å². The van der Waals surface area contributed by atoms with E-state index in [4.69, 9.17) is 5.11 Å². The number of nitrogens with one attached hydrogen (secondary N) is 2. The van der Waals surface area contributed by atoms with Gasteiger partial charge in [-0.15, -0.1) is 0 Å². The van der Waals surface area contributed by atoms with E-state index in [-0.39, 0.29) is 18.6 Å². The summed E-state index contributed by atoms with van der Waals surface area (Å²) in [5, 5.41) is 13.6. The zero-order valence-electron chi connectivity index (χ0n) is 9.82. The maximum absolute atomic E-state index is 11.4. The second kappa shape index (κ2) is 5.72. The summed E-state index contributed by atoms with van der Waals surface area (Å²) in [4.78, 5) is 21.6. The minimum Gasteiger partial charge on any atom is -0.480 e. The molecule has 3 atom stereocenters. The Morgan fingerprint density at radius 3 is 2.56 bits per heavy atom. The maximum Gasteiger partial charge on any atom is 0.323 e. The van der Waals surface area contributed by atoms with Crippen molar-refractivity contribution in [3.05, 3.63) is 0 Å². The lowest BCUT2D eigenvalue weighted by Gasteiger charge is -2.20. The first kappa shape index (κ1) is 12.8. The van der Waals surface area contributed by atoms with Gasteiger partial charge in [0, 0.05) is 6.04 Å². The van der Waals surface area contributed by atoms with Crippen LogP contribution in [0.15, 0.2) is 0 Å². The van der Waals surface area contributed by atoms with E-state index in [0.29, 0.717) is 11.8 Å². The zero-order valence-corrected chi connectivity index (χ0v) is 9.82. The summed E-state index contributed by atoms with van der Waals surface area (Å²) in [5.41, 5.74) is 0. The summed E-state index contributed by atoms with van der Waals surface area (Å²) >= 11 is 0. The lowest BCUT2D eigenvalue weighted by atomic mass is 9.94. The summed E-state index contributed by atoms with van der Waals surface area (Å²) in [6, 6.07) is -0.199. The van der Waals surface area contributed by atoms with Crippen molar-refractivity contribution in [3.8, 4) is 0 Å². The van der Waals surface area contributed by atoms with Gasteiger partial charge in [0.05, 0.1) is 0 Å². The Morgan fingerprint density at radius 1 is 1.38 bits per heavy atom. The van der Waals surface area contributed by atoms with Crippen molar-refractivity contribution < 1.29 is 14.7 Å². The highest BCUT2D eigenvalue weighted by atomic mass is 16.4. The predicted molar refractivity (Wildman–Crippen MR) is 60.1 cm³/mol. The summed E-state index contributed by atoms with van der Waals surface area (Å²) in [6.07, 6.45) is 3.26. The summed E-state index contributed by atoms with van der Waals surface area (Å²) in [6.45, 7) is 3.97. The molecule has 0 aliphatic heterocycles. The quantitative estimate of drug-likeness (QED) is 0.676. The number of hydrogen-bond acceptors (Lipinski definition) is 2. The molecule has 1 aliphatic rings. The Balaban J connectivity index is 2.32. The first-order chi connectivity index (χ1) is 7.54. The van der Waals surface area contributed by atoms with Crippen LogP contribution in [-0.4, -0.2) is 29.7 Å². The molecule has 1 fully saturated rings. The van der Waals surface area contributed by atoms with Crippen LogP contribution >= 0.6 is 0 Å². The smallest absolute Gasteiger partial charge is 0.323 e. The van der Waals surface area contributed by atoms with Gasteiger partial charge < -0.3 is 15.7 Å². The molecule has 5 nitrogen and oxygen atoms in total. The topological polar surface area (TPSA) is 78.4 Å². The molecule has 2 amide bonds. The van der Waals surface area contributed by atoms with Gasteiger partial charge in [-0.1, -0.05) is 20.3 Å². The molecule has 5 heteroatoms. The molecule has 0 radical (unpaired) electrons. The normalized spacial score (nSPS) is 28.8. The van der Waals surface area contributed by atoms with Crippen LogP contribution in [0.1, 0.15) is 33.1 Å². The number of carboxylic acids is 1. The summed E-state index contributed by atoms with van der Waals surface area (Å²) in [7, 11) is 0. The molecule has 0 bridgehead atoms. The van der Waals surface area contributed by atoms with Gasteiger partial charge in [-0.25, -0.2) is 4.79 Å². The molecule has 0 saturated heterocycles. The van der Waals surface area contributed by atoms with Gasteiger partial charge in [0.25, 0.3) is 0 Å². The minimum absolute atomic E-state index is 0.179. The highest BCUT2D eigenvalue weighted by Crippen LogP contribution is 2.33. The fraction of sp³-hybridized carbons (Fsp3) is 0.818. The average molecular weight is 228 g/mol.